The highest BCUT2D eigenvalue weighted by molar-refractivity contribution is 5.65. The molecule has 102 valence electrons. The molecule has 1 aromatic carbocycles. The lowest BCUT2D eigenvalue weighted by atomic mass is 10.1. The van der Waals surface area contributed by atoms with Crippen molar-refractivity contribution in [3.05, 3.63) is 47.7 Å². The number of ether oxygens (including phenoxy) is 1. The molecule has 0 saturated carbocycles. The van der Waals surface area contributed by atoms with Crippen molar-refractivity contribution in [3.8, 4) is 23.1 Å². The maximum atomic E-state index is 12.2. The van der Waals surface area contributed by atoms with Gasteiger partial charge < -0.3 is 4.74 Å². The molecule has 0 unspecified atom stereocenters. The average molecular weight is 278 g/mol. The number of benzene rings is 1. The highest BCUT2D eigenvalue weighted by Gasteiger charge is 2.31. The first-order chi connectivity index (χ1) is 9.39. The lowest BCUT2D eigenvalue weighted by molar-refractivity contribution is -0.274. The predicted molar refractivity (Wildman–Crippen MR) is 65.8 cm³/mol. The Morgan fingerprint density at radius 2 is 1.95 bits per heavy atom. The lowest BCUT2D eigenvalue weighted by Crippen LogP contribution is -2.17. The first-order valence-corrected chi connectivity index (χ1v) is 5.63. The smallest absolute Gasteiger partial charge is 0.406 e. The van der Waals surface area contributed by atoms with Gasteiger partial charge in [-0.1, -0.05) is 18.2 Å². The van der Waals surface area contributed by atoms with E-state index in [1.165, 1.54) is 18.2 Å². The fourth-order valence-corrected chi connectivity index (χ4v) is 1.72. The Labute approximate surface area is 113 Å². The molecular formula is C14H9F3N2O. The van der Waals surface area contributed by atoms with Crippen LogP contribution in [0, 0.1) is 18.3 Å². The molecule has 0 fully saturated rings. The first kappa shape index (κ1) is 13.9. The van der Waals surface area contributed by atoms with Gasteiger partial charge in [0.2, 0.25) is 0 Å². The van der Waals surface area contributed by atoms with Gasteiger partial charge in [-0.05, 0) is 30.7 Å². The number of rotatable bonds is 2. The summed E-state index contributed by atoms with van der Waals surface area (Å²) < 4.78 is 40.4. The predicted octanol–water partition coefficient (Wildman–Crippen LogP) is 3.83. The zero-order chi connectivity index (χ0) is 14.8. The van der Waals surface area contributed by atoms with Crippen LogP contribution < -0.4 is 4.74 Å². The van der Waals surface area contributed by atoms with Crippen LogP contribution >= 0.6 is 0 Å². The van der Waals surface area contributed by atoms with Crippen LogP contribution in [0.25, 0.3) is 11.3 Å². The van der Waals surface area contributed by atoms with Crippen LogP contribution in [0.5, 0.6) is 5.75 Å². The largest absolute Gasteiger partial charge is 0.573 e. The summed E-state index contributed by atoms with van der Waals surface area (Å²) in [6, 6.07) is 10.6. The third-order valence-electron chi connectivity index (χ3n) is 2.55. The minimum atomic E-state index is -4.74. The maximum Gasteiger partial charge on any atom is 0.573 e. The van der Waals surface area contributed by atoms with Crippen molar-refractivity contribution < 1.29 is 17.9 Å². The van der Waals surface area contributed by atoms with Crippen molar-refractivity contribution in [2.45, 2.75) is 13.3 Å². The SMILES string of the molecule is Cc1ccc(C#N)nc1-c1cccc(OC(F)(F)F)c1. The summed E-state index contributed by atoms with van der Waals surface area (Å²) >= 11 is 0. The van der Waals surface area contributed by atoms with Gasteiger partial charge in [-0.15, -0.1) is 13.2 Å². The number of hydrogen-bond donors (Lipinski definition) is 0. The summed E-state index contributed by atoms with van der Waals surface area (Å²) in [6.45, 7) is 1.76. The molecule has 0 atom stereocenters. The summed E-state index contributed by atoms with van der Waals surface area (Å²) in [6.07, 6.45) is -4.74. The van der Waals surface area contributed by atoms with Crippen molar-refractivity contribution in [1.82, 2.24) is 4.98 Å². The Morgan fingerprint density at radius 1 is 1.20 bits per heavy atom. The fourth-order valence-electron chi connectivity index (χ4n) is 1.72. The summed E-state index contributed by atoms with van der Waals surface area (Å²) in [7, 11) is 0. The average Bonchev–Trinajstić information content (AvgIpc) is 2.37. The number of aromatic nitrogens is 1. The van der Waals surface area contributed by atoms with Gasteiger partial charge in [0.1, 0.15) is 17.5 Å². The number of nitriles is 1. The van der Waals surface area contributed by atoms with Crippen LogP contribution in [0.15, 0.2) is 36.4 Å². The van der Waals surface area contributed by atoms with E-state index in [0.29, 0.717) is 11.3 Å². The molecule has 0 aliphatic carbocycles. The molecule has 3 nitrogen and oxygen atoms in total. The van der Waals surface area contributed by atoms with Crippen LogP contribution in [0.3, 0.4) is 0 Å². The highest BCUT2D eigenvalue weighted by Crippen LogP contribution is 2.28. The molecule has 0 N–H and O–H groups in total. The normalized spacial score (nSPS) is 10.9. The van der Waals surface area contributed by atoms with Crippen molar-refractivity contribution in [2.75, 3.05) is 0 Å². The molecule has 2 rings (SSSR count). The molecule has 0 amide bonds. The second-order valence-electron chi connectivity index (χ2n) is 4.05. The molecule has 20 heavy (non-hydrogen) atoms. The van der Waals surface area contributed by atoms with E-state index in [4.69, 9.17) is 5.26 Å². The highest BCUT2D eigenvalue weighted by atomic mass is 19.4. The Hall–Kier alpha value is -2.55. The Bertz CT molecular complexity index is 675. The van der Waals surface area contributed by atoms with Crippen molar-refractivity contribution >= 4 is 0 Å². The molecular weight excluding hydrogens is 269 g/mol. The zero-order valence-electron chi connectivity index (χ0n) is 10.4. The summed E-state index contributed by atoms with van der Waals surface area (Å²) in [5.74, 6) is -0.321. The number of pyridine rings is 1. The Morgan fingerprint density at radius 3 is 2.60 bits per heavy atom. The van der Waals surface area contributed by atoms with E-state index in [2.05, 4.69) is 9.72 Å². The number of alkyl halides is 3. The van der Waals surface area contributed by atoms with Gasteiger partial charge in [-0.2, -0.15) is 5.26 Å². The topological polar surface area (TPSA) is 45.9 Å². The molecule has 1 heterocycles. The van der Waals surface area contributed by atoms with Crippen LogP contribution in [-0.4, -0.2) is 11.3 Å². The first-order valence-electron chi connectivity index (χ1n) is 5.63. The number of nitrogens with zero attached hydrogens (tertiary/aromatic N) is 2. The second kappa shape index (κ2) is 5.21. The van der Waals surface area contributed by atoms with Crippen molar-refractivity contribution in [2.24, 2.45) is 0 Å². The molecule has 0 aliphatic heterocycles. The molecule has 6 heteroatoms. The van der Waals surface area contributed by atoms with Crippen LogP contribution in [0.1, 0.15) is 11.3 Å². The summed E-state index contributed by atoms with van der Waals surface area (Å²) in [5, 5.41) is 8.82. The standard InChI is InChI=1S/C14H9F3N2O/c1-9-5-6-11(8-18)19-13(9)10-3-2-4-12(7-10)20-14(15,16)17/h2-7H,1H3. The van der Waals surface area contributed by atoms with Gasteiger partial charge in [-0.25, -0.2) is 4.98 Å². The maximum absolute atomic E-state index is 12.2. The van der Waals surface area contributed by atoms with Gasteiger partial charge in [0.15, 0.2) is 0 Å². The number of aryl methyl sites for hydroxylation is 1. The van der Waals surface area contributed by atoms with E-state index < -0.39 is 6.36 Å². The Kier molecular flexibility index (Phi) is 3.61. The van der Waals surface area contributed by atoms with E-state index in [1.807, 2.05) is 6.07 Å². The van der Waals surface area contributed by atoms with Gasteiger partial charge in [0, 0.05) is 5.56 Å². The molecule has 0 bridgehead atoms. The summed E-state index contributed by atoms with van der Waals surface area (Å²) in [5.41, 5.74) is 1.87. The second-order valence-corrected chi connectivity index (χ2v) is 4.05. The van der Waals surface area contributed by atoms with Gasteiger partial charge in [0.25, 0.3) is 0 Å². The van der Waals surface area contributed by atoms with Crippen LogP contribution in [0.2, 0.25) is 0 Å². The van der Waals surface area contributed by atoms with E-state index in [1.54, 1.807) is 25.1 Å². The van der Waals surface area contributed by atoms with E-state index >= 15 is 0 Å². The molecule has 0 spiro atoms. The third kappa shape index (κ3) is 3.26. The monoisotopic (exact) mass is 278 g/mol. The summed E-state index contributed by atoms with van der Waals surface area (Å²) in [4.78, 5) is 4.10. The zero-order valence-corrected chi connectivity index (χ0v) is 10.4. The third-order valence-corrected chi connectivity index (χ3v) is 2.55. The number of hydrogen-bond acceptors (Lipinski definition) is 3. The van der Waals surface area contributed by atoms with Gasteiger partial charge >= 0.3 is 6.36 Å². The van der Waals surface area contributed by atoms with Crippen molar-refractivity contribution in [1.29, 1.82) is 5.26 Å². The molecule has 1 aromatic heterocycles. The van der Waals surface area contributed by atoms with Gasteiger partial charge in [-0.3, -0.25) is 0 Å². The quantitative estimate of drug-likeness (QED) is 0.838. The van der Waals surface area contributed by atoms with E-state index in [9.17, 15) is 13.2 Å². The number of halogens is 3. The molecule has 0 saturated heterocycles. The minimum Gasteiger partial charge on any atom is -0.406 e. The van der Waals surface area contributed by atoms with E-state index in [0.717, 1.165) is 5.56 Å². The molecule has 0 aliphatic rings. The molecule has 2 aromatic rings. The van der Waals surface area contributed by atoms with Crippen LogP contribution in [0.4, 0.5) is 13.2 Å². The molecule has 0 radical (unpaired) electrons. The van der Waals surface area contributed by atoms with Gasteiger partial charge in [0.05, 0.1) is 5.69 Å². The van der Waals surface area contributed by atoms with E-state index in [-0.39, 0.29) is 11.4 Å². The fraction of sp³-hybridized carbons (Fsp3) is 0.143. The minimum absolute atomic E-state index is 0.202. The lowest BCUT2D eigenvalue weighted by Gasteiger charge is -2.11. The Balaban J connectivity index is 2.44. The van der Waals surface area contributed by atoms with Crippen molar-refractivity contribution in [3.63, 3.8) is 0 Å². The van der Waals surface area contributed by atoms with Crippen LogP contribution in [-0.2, 0) is 0 Å².